The molecule has 2 nitrogen and oxygen atoms in total. The lowest BCUT2D eigenvalue weighted by molar-refractivity contribution is 0.730. The van der Waals surface area contributed by atoms with Gasteiger partial charge in [-0.05, 0) is 20.8 Å². The first kappa shape index (κ1) is 8.65. The summed E-state index contributed by atoms with van der Waals surface area (Å²) in [4.78, 5) is 0. The first-order valence-electron chi connectivity index (χ1n) is 3.72. The molecule has 0 spiro atoms. The zero-order valence-corrected chi connectivity index (χ0v) is 8.31. The van der Waals surface area contributed by atoms with E-state index in [0.29, 0.717) is 0 Å². The zero-order chi connectivity index (χ0) is 8.59. The first-order valence-corrected chi connectivity index (χ1v) is 4.24. The molecule has 0 amide bonds. The smallest absolute Gasteiger partial charge is 0.0639 e. The number of rotatable bonds is 1. The van der Waals surface area contributed by atoms with Crippen molar-refractivity contribution in [1.29, 1.82) is 0 Å². The molecule has 1 atom stereocenters. The topological polar surface area (TPSA) is 17.8 Å². The molecule has 0 saturated carbocycles. The van der Waals surface area contributed by atoms with Crippen molar-refractivity contribution in [3.63, 3.8) is 0 Å². The molecule has 3 heteroatoms. The Morgan fingerprint density at radius 1 is 1.45 bits per heavy atom. The van der Waals surface area contributed by atoms with E-state index >= 15 is 0 Å². The maximum Gasteiger partial charge on any atom is 0.0639 e. The van der Waals surface area contributed by atoms with E-state index in [1.165, 1.54) is 11.3 Å². The van der Waals surface area contributed by atoms with Crippen molar-refractivity contribution in [3.8, 4) is 0 Å². The van der Waals surface area contributed by atoms with E-state index in [4.69, 9.17) is 0 Å². The lowest BCUT2D eigenvalue weighted by atomic mass is 10.1. The molecule has 0 bridgehead atoms. The summed E-state index contributed by atoms with van der Waals surface area (Å²) in [6.07, 6.45) is 0. The standard InChI is InChI=1S/C8H14N2S/c1-5-8(7(3)11)6(2)10(4)9-5/h7,11H,1-4H3. The van der Waals surface area contributed by atoms with Crippen LogP contribution in [0.3, 0.4) is 0 Å². The summed E-state index contributed by atoms with van der Waals surface area (Å²) in [5.74, 6) is 0. The molecule has 0 fully saturated rings. The maximum absolute atomic E-state index is 4.39. The van der Waals surface area contributed by atoms with Gasteiger partial charge in [0.25, 0.3) is 0 Å². The van der Waals surface area contributed by atoms with E-state index < -0.39 is 0 Å². The van der Waals surface area contributed by atoms with E-state index in [9.17, 15) is 0 Å². The summed E-state index contributed by atoms with van der Waals surface area (Å²) in [7, 11) is 1.96. The number of thiol groups is 1. The molecule has 62 valence electrons. The van der Waals surface area contributed by atoms with Gasteiger partial charge in [-0.15, -0.1) is 0 Å². The largest absolute Gasteiger partial charge is 0.272 e. The van der Waals surface area contributed by atoms with Crippen LogP contribution in [0.1, 0.15) is 29.1 Å². The predicted molar refractivity (Wildman–Crippen MR) is 50.1 cm³/mol. The number of hydrogen-bond acceptors (Lipinski definition) is 2. The number of aromatic nitrogens is 2. The van der Waals surface area contributed by atoms with Crippen LogP contribution in [0, 0.1) is 13.8 Å². The van der Waals surface area contributed by atoms with Crippen LogP contribution in [0.15, 0.2) is 0 Å². The molecule has 0 aliphatic carbocycles. The Bertz CT molecular complexity index is 263. The SMILES string of the molecule is Cc1nn(C)c(C)c1C(C)S. The lowest BCUT2D eigenvalue weighted by Gasteiger charge is -2.03. The molecule has 0 radical (unpaired) electrons. The fourth-order valence-corrected chi connectivity index (χ4v) is 1.77. The van der Waals surface area contributed by atoms with Gasteiger partial charge in [0, 0.05) is 23.6 Å². The third kappa shape index (κ3) is 1.43. The lowest BCUT2D eigenvalue weighted by Crippen LogP contribution is -1.94. The fourth-order valence-electron chi connectivity index (χ4n) is 1.39. The summed E-state index contributed by atoms with van der Waals surface area (Å²) >= 11 is 4.39. The molecule has 0 aliphatic heterocycles. The molecule has 0 aliphatic rings. The molecule has 1 heterocycles. The van der Waals surface area contributed by atoms with Crippen LogP contribution in [-0.2, 0) is 7.05 Å². The zero-order valence-electron chi connectivity index (χ0n) is 7.42. The van der Waals surface area contributed by atoms with Crippen LogP contribution >= 0.6 is 12.6 Å². The average molecular weight is 170 g/mol. The minimum Gasteiger partial charge on any atom is -0.272 e. The summed E-state index contributed by atoms with van der Waals surface area (Å²) < 4.78 is 1.90. The Balaban J connectivity index is 3.22. The minimum atomic E-state index is 0.281. The van der Waals surface area contributed by atoms with Gasteiger partial charge in [-0.1, -0.05) is 0 Å². The fraction of sp³-hybridized carbons (Fsp3) is 0.625. The highest BCUT2D eigenvalue weighted by Crippen LogP contribution is 2.24. The molecule has 11 heavy (non-hydrogen) atoms. The molecular formula is C8H14N2S. The van der Waals surface area contributed by atoms with Crippen LogP contribution in [0.4, 0.5) is 0 Å². The second-order valence-corrected chi connectivity index (χ2v) is 3.66. The second-order valence-electron chi connectivity index (χ2n) is 2.88. The Morgan fingerprint density at radius 2 is 2.00 bits per heavy atom. The average Bonchev–Trinajstić information content (AvgIpc) is 2.07. The van der Waals surface area contributed by atoms with Gasteiger partial charge in [0.2, 0.25) is 0 Å². The number of aryl methyl sites for hydroxylation is 2. The second kappa shape index (κ2) is 2.89. The van der Waals surface area contributed by atoms with Crippen LogP contribution in [0.2, 0.25) is 0 Å². The Labute approximate surface area is 73.0 Å². The molecule has 1 rings (SSSR count). The number of hydrogen-bond donors (Lipinski definition) is 1. The van der Waals surface area contributed by atoms with E-state index in [1.54, 1.807) is 0 Å². The molecular weight excluding hydrogens is 156 g/mol. The van der Waals surface area contributed by atoms with Crippen LogP contribution in [0.5, 0.6) is 0 Å². The van der Waals surface area contributed by atoms with Gasteiger partial charge in [0.15, 0.2) is 0 Å². The van der Waals surface area contributed by atoms with Crippen molar-refractivity contribution in [2.24, 2.45) is 7.05 Å². The van der Waals surface area contributed by atoms with Gasteiger partial charge < -0.3 is 0 Å². The minimum absolute atomic E-state index is 0.281. The van der Waals surface area contributed by atoms with Crippen LogP contribution < -0.4 is 0 Å². The third-order valence-electron chi connectivity index (χ3n) is 1.98. The van der Waals surface area contributed by atoms with Gasteiger partial charge in [0.1, 0.15) is 0 Å². The third-order valence-corrected chi connectivity index (χ3v) is 2.24. The monoisotopic (exact) mass is 170 g/mol. The van der Waals surface area contributed by atoms with E-state index in [-0.39, 0.29) is 5.25 Å². The highest BCUT2D eigenvalue weighted by molar-refractivity contribution is 7.80. The summed E-state index contributed by atoms with van der Waals surface area (Å²) in [6.45, 7) is 6.16. The van der Waals surface area contributed by atoms with Crippen LogP contribution in [0.25, 0.3) is 0 Å². The van der Waals surface area contributed by atoms with E-state index in [2.05, 4.69) is 31.6 Å². The van der Waals surface area contributed by atoms with Crippen molar-refractivity contribution in [3.05, 3.63) is 17.0 Å². The summed E-state index contributed by atoms with van der Waals surface area (Å²) in [5.41, 5.74) is 3.56. The Morgan fingerprint density at radius 3 is 2.18 bits per heavy atom. The quantitative estimate of drug-likeness (QED) is 0.638. The molecule has 1 aromatic heterocycles. The highest BCUT2D eigenvalue weighted by atomic mass is 32.1. The van der Waals surface area contributed by atoms with E-state index in [1.807, 2.05) is 18.7 Å². The Kier molecular flexibility index (Phi) is 2.28. The highest BCUT2D eigenvalue weighted by Gasteiger charge is 2.12. The van der Waals surface area contributed by atoms with Crippen molar-refractivity contribution >= 4 is 12.6 Å². The summed E-state index contributed by atoms with van der Waals surface area (Å²) in [5, 5.41) is 4.58. The van der Waals surface area contributed by atoms with Gasteiger partial charge in [-0.25, -0.2) is 0 Å². The first-order chi connectivity index (χ1) is 5.04. The molecule has 0 aromatic carbocycles. The summed E-state index contributed by atoms with van der Waals surface area (Å²) in [6, 6.07) is 0. The van der Waals surface area contributed by atoms with Crippen molar-refractivity contribution in [1.82, 2.24) is 9.78 Å². The van der Waals surface area contributed by atoms with E-state index in [0.717, 1.165) is 5.69 Å². The van der Waals surface area contributed by atoms with Crippen molar-refractivity contribution in [2.75, 3.05) is 0 Å². The predicted octanol–water partition coefficient (Wildman–Crippen LogP) is 2.03. The van der Waals surface area contributed by atoms with Crippen LogP contribution in [-0.4, -0.2) is 9.78 Å². The molecule has 0 saturated heterocycles. The van der Waals surface area contributed by atoms with Gasteiger partial charge in [-0.3, -0.25) is 4.68 Å². The van der Waals surface area contributed by atoms with Gasteiger partial charge in [-0.2, -0.15) is 17.7 Å². The number of nitrogens with zero attached hydrogens (tertiary/aromatic N) is 2. The Hall–Kier alpha value is -0.440. The normalized spacial score (nSPS) is 13.5. The van der Waals surface area contributed by atoms with Crippen molar-refractivity contribution in [2.45, 2.75) is 26.0 Å². The molecule has 1 aromatic rings. The molecule has 1 unspecified atom stereocenters. The van der Waals surface area contributed by atoms with Crippen molar-refractivity contribution < 1.29 is 0 Å². The molecule has 0 N–H and O–H groups in total. The van der Waals surface area contributed by atoms with Gasteiger partial charge in [0.05, 0.1) is 5.69 Å². The van der Waals surface area contributed by atoms with Gasteiger partial charge >= 0.3 is 0 Å². The maximum atomic E-state index is 4.39.